The summed E-state index contributed by atoms with van der Waals surface area (Å²) in [6.45, 7) is 4.81. The van der Waals surface area contributed by atoms with Crippen LogP contribution in [0.5, 0.6) is 0 Å². The molecule has 0 aliphatic heterocycles. The van der Waals surface area contributed by atoms with E-state index in [0.29, 0.717) is 12.6 Å². The Kier molecular flexibility index (Phi) is 3.62. The summed E-state index contributed by atoms with van der Waals surface area (Å²) in [4.78, 5) is 2.12. The summed E-state index contributed by atoms with van der Waals surface area (Å²) in [6, 6.07) is 0.428. The van der Waals surface area contributed by atoms with E-state index in [1.807, 2.05) is 14.0 Å². The molecule has 1 unspecified atom stereocenters. The van der Waals surface area contributed by atoms with Crippen molar-refractivity contribution in [3.05, 3.63) is 5.01 Å². The fourth-order valence-corrected chi connectivity index (χ4v) is 1.80. The fraction of sp³-hybridized carbons (Fsp3) is 0.750. The Morgan fingerprint density at radius 3 is 2.69 bits per heavy atom. The van der Waals surface area contributed by atoms with Gasteiger partial charge in [-0.3, -0.25) is 0 Å². The molecule has 0 saturated carbocycles. The van der Waals surface area contributed by atoms with E-state index in [-0.39, 0.29) is 0 Å². The zero-order valence-electron chi connectivity index (χ0n) is 8.32. The molecule has 0 amide bonds. The minimum Gasteiger partial charge on any atom is -0.347 e. The maximum Gasteiger partial charge on any atom is 0.208 e. The molecule has 1 aromatic heterocycles. The van der Waals surface area contributed by atoms with Crippen LogP contribution in [-0.2, 0) is 0 Å². The normalized spacial score (nSPS) is 12.9. The van der Waals surface area contributed by atoms with E-state index in [0.717, 1.165) is 16.6 Å². The Labute approximate surface area is 82.8 Å². The molecule has 2 N–H and O–H groups in total. The zero-order valence-corrected chi connectivity index (χ0v) is 9.14. The maximum absolute atomic E-state index is 5.49. The van der Waals surface area contributed by atoms with Crippen molar-refractivity contribution in [2.45, 2.75) is 26.3 Å². The molecule has 0 bridgehead atoms. The van der Waals surface area contributed by atoms with E-state index < -0.39 is 0 Å². The van der Waals surface area contributed by atoms with Gasteiger partial charge in [-0.1, -0.05) is 11.3 Å². The molecular formula is C8H16N4S. The summed E-state index contributed by atoms with van der Waals surface area (Å²) >= 11 is 1.61. The molecule has 1 rings (SSSR count). The van der Waals surface area contributed by atoms with Crippen molar-refractivity contribution >= 4 is 16.5 Å². The molecule has 74 valence electrons. The lowest BCUT2D eigenvalue weighted by Crippen LogP contribution is -2.30. The van der Waals surface area contributed by atoms with Crippen LogP contribution in [0, 0.1) is 6.92 Å². The molecule has 13 heavy (non-hydrogen) atoms. The third-order valence-electron chi connectivity index (χ3n) is 2.06. The molecule has 1 heterocycles. The molecule has 0 fully saturated rings. The topological polar surface area (TPSA) is 55.0 Å². The van der Waals surface area contributed by atoms with E-state index in [2.05, 4.69) is 22.0 Å². The molecule has 1 atom stereocenters. The number of rotatable bonds is 4. The first kappa shape index (κ1) is 10.4. The second kappa shape index (κ2) is 4.53. The van der Waals surface area contributed by atoms with Gasteiger partial charge in [-0.25, -0.2) is 0 Å². The number of hydrogen-bond acceptors (Lipinski definition) is 5. The van der Waals surface area contributed by atoms with Crippen LogP contribution >= 0.6 is 11.3 Å². The van der Waals surface area contributed by atoms with Crippen LogP contribution < -0.4 is 10.6 Å². The highest BCUT2D eigenvalue weighted by Crippen LogP contribution is 2.20. The summed E-state index contributed by atoms with van der Waals surface area (Å²) in [5.74, 6) is 0. The van der Waals surface area contributed by atoms with Gasteiger partial charge < -0.3 is 10.6 Å². The lowest BCUT2D eigenvalue weighted by Gasteiger charge is -2.22. The van der Waals surface area contributed by atoms with Gasteiger partial charge in [0.05, 0.1) is 0 Å². The number of aromatic nitrogens is 2. The van der Waals surface area contributed by atoms with Crippen LogP contribution in [-0.4, -0.2) is 29.8 Å². The van der Waals surface area contributed by atoms with Gasteiger partial charge >= 0.3 is 0 Å². The quantitative estimate of drug-likeness (QED) is 0.788. The predicted octanol–water partition coefficient (Wildman–Crippen LogP) is 1.02. The second-order valence-corrected chi connectivity index (χ2v) is 4.30. The van der Waals surface area contributed by atoms with Crippen LogP contribution in [0.15, 0.2) is 0 Å². The Morgan fingerprint density at radius 2 is 2.23 bits per heavy atom. The molecular weight excluding hydrogens is 184 g/mol. The Hall–Kier alpha value is -0.680. The van der Waals surface area contributed by atoms with Crippen LogP contribution in [0.3, 0.4) is 0 Å². The smallest absolute Gasteiger partial charge is 0.208 e. The van der Waals surface area contributed by atoms with Crippen molar-refractivity contribution in [2.24, 2.45) is 5.73 Å². The number of nitrogens with two attached hydrogens (primary N) is 1. The van der Waals surface area contributed by atoms with Crippen molar-refractivity contribution in [3.8, 4) is 0 Å². The molecule has 4 nitrogen and oxygen atoms in total. The summed E-state index contributed by atoms with van der Waals surface area (Å²) in [7, 11) is 2.03. The number of hydrogen-bond donors (Lipinski definition) is 1. The lowest BCUT2D eigenvalue weighted by atomic mass is 10.2. The molecule has 0 aliphatic carbocycles. The van der Waals surface area contributed by atoms with Crippen molar-refractivity contribution in [1.82, 2.24) is 10.2 Å². The third kappa shape index (κ3) is 2.63. The average molecular weight is 200 g/mol. The second-order valence-electron chi connectivity index (χ2n) is 3.14. The minimum atomic E-state index is 0.428. The predicted molar refractivity (Wildman–Crippen MR) is 56.2 cm³/mol. The van der Waals surface area contributed by atoms with Crippen molar-refractivity contribution in [2.75, 3.05) is 18.5 Å². The van der Waals surface area contributed by atoms with Gasteiger partial charge in [0.2, 0.25) is 5.13 Å². The molecule has 1 aromatic rings. The van der Waals surface area contributed by atoms with Crippen LogP contribution in [0.1, 0.15) is 18.4 Å². The average Bonchev–Trinajstić information content (AvgIpc) is 2.51. The lowest BCUT2D eigenvalue weighted by molar-refractivity contribution is 0.631. The molecule has 0 aliphatic rings. The first-order valence-corrected chi connectivity index (χ1v) is 5.19. The van der Waals surface area contributed by atoms with E-state index in [1.54, 1.807) is 11.3 Å². The monoisotopic (exact) mass is 200 g/mol. The van der Waals surface area contributed by atoms with Gasteiger partial charge in [0.15, 0.2) is 0 Å². The van der Waals surface area contributed by atoms with Gasteiger partial charge in [0.1, 0.15) is 5.01 Å². The first-order chi connectivity index (χ1) is 6.15. The standard InChI is InChI=1S/C8H16N4S/c1-6(4-5-9)12(3)8-11-10-7(2)13-8/h6H,4-5,9H2,1-3H3. The molecule has 0 saturated heterocycles. The number of anilines is 1. The van der Waals surface area contributed by atoms with Gasteiger partial charge in [-0.15, -0.1) is 10.2 Å². The van der Waals surface area contributed by atoms with Crippen molar-refractivity contribution in [3.63, 3.8) is 0 Å². The molecule has 0 aromatic carbocycles. The van der Waals surface area contributed by atoms with Gasteiger partial charge in [0, 0.05) is 13.1 Å². The van der Waals surface area contributed by atoms with Crippen molar-refractivity contribution < 1.29 is 0 Å². The third-order valence-corrected chi connectivity index (χ3v) is 2.99. The maximum atomic E-state index is 5.49. The van der Waals surface area contributed by atoms with Crippen LogP contribution in [0.2, 0.25) is 0 Å². The summed E-state index contributed by atoms with van der Waals surface area (Å²) in [5, 5.41) is 10.0. The summed E-state index contributed by atoms with van der Waals surface area (Å²) < 4.78 is 0. The fourth-order valence-electron chi connectivity index (χ4n) is 1.05. The van der Waals surface area contributed by atoms with E-state index in [4.69, 9.17) is 5.73 Å². The Morgan fingerprint density at radius 1 is 1.54 bits per heavy atom. The Bertz CT molecular complexity index is 260. The molecule has 5 heteroatoms. The zero-order chi connectivity index (χ0) is 9.84. The van der Waals surface area contributed by atoms with Gasteiger partial charge in [-0.05, 0) is 26.8 Å². The highest BCUT2D eigenvalue weighted by Gasteiger charge is 2.12. The van der Waals surface area contributed by atoms with E-state index in [9.17, 15) is 0 Å². The van der Waals surface area contributed by atoms with Crippen LogP contribution in [0.25, 0.3) is 0 Å². The van der Waals surface area contributed by atoms with Gasteiger partial charge in [-0.2, -0.15) is 0 Å². The minimum absolute atomic E-state index is 0.428. The van der Waals surface area contributed by atoms with E-state index in [1.165, 1.54) is 0 Å². The number of aryl methyl sites for hydroxylation is 1. The van der Waals surface area contributed by atoms with Crippen molar-refractivity contribution in [1.29, 1.82) is 0 Å². The SMILES string of the molecule is Cc1nnc(N(C)C(C)CCN)s1. The highest BCUT2D eigenvalue weighted by atomic mass is 32.1. The van der Waals surface area contributed by atoms with Crippen LogP contribution in [0.4, 0.5) is 5.13 Å². The summed E-state index contributed by atoms with van der Waals surface area (Å²) in [5.41, 5.74) is 5.49. The summed E-state index contributed by atoms with van der Waals surface area (Å²) in [6.07, 6.45) is 0.981. The molecule has 0 spiro atoms. The van der Waals surface area contributed by atoms with E-state index >= 15 is 0 Å². The number of nitrogens with zero attached hydrogens (tertiary/aromatic N) is 3. The molecule has 0 radical (unpaired) electrons. The largest absolute Gasteiger partial charge is 0.347 e. The highest BCUT2D eigenvalue weighted by molar-refractivity contribution is 7.15. The first-order valence-electron chi connectivity index (χ1n) is 4.38. The Balaban J connectivity index is 2.61. The van der Waals surface area contributed by atoms with Gasteiger partial charge in [0.25, 0.3) is 0 Å².